The third-order valence-corrected chi connectivity index (χ3v) is 2.94. The summed E-state index contributed by atoms with van der Waals surface area (Å²) in [4.78, 5) is 3.96. The predicted molar refractivity (Wildman–Crippen MR) is 69.2 cm³/mol. The van der Waals surface area contributed by atoms with Crippen LogP contribution in [0.5, 0.6) is 0 Å². The van der Waals surface area contributed by atoms with Gasteiger partial charge in [-0.25, -0.2) is 9.37 Å². The maximum absolute atomic E-state index is 12.8. The fourth-order valence-electron chi connectivity index (χ4n) is 1.10. The van der Waals surface area contributed by atoms with Gasteiger partial charge in [-0.15, -0.1) is 11.3 Å². The van der Waals surface area contributed by atoms with Gasteiger partial charge in [-0.3, -0.25) is 5.43 Å². The number of hydrogen-bond acceptors (Lipinski definition) is 5. The fourth-order valence-corrected chi connectivity index (χ4v) is 1.87. The van der Waals surface area contributed by atoms with E-state index in [1.54, 1.807) is 11.4 Å². The summed E-state index contributed by atoms with van der Waals surface area (Å²) in [6, 6.07) is 4.08. The highest BCUT2D eigenvalue weighted by Crippen LogP contribution is 2.17. The lowest BCUT2D eigenvalue weighted by atomic mass is 10.2. The molecule has 0 fully saturated rings. The summed E-state index contributed by atoms with van der Waals surface area (Å²) in [6.07, 6.45) is 1.49. The van der Waals surface area contributed by atoms with E-state index >= 15 is 0 Å². The minimum absolute atomic E-state index is 0.300. The highest BCUT2D eigenvalue weighted by Gasteiger charge is 1.99. The Bertz CT molecular complexity index is 555. The third-order valence-electron chi connectivity index (χ3n) is 1.85. The molecule has 3 N–H and O–H groups in total. The zero-order valence-electron chi connectivity index (χ0n) is 8.52. The van der Waals surface area contributed by atoms with Gasteiger partial charge in [-0.1, -0.05) is 11.6 Å². The van der Waals surface area contributed by atoms with Crippen molar-refractivity contribution in [1.82, 2.24) is 4.98 Å². The second-order valence-electron chi connectivity index (χ2n) is 3.11. The second-order valence-corrected chi connectivity index (χ2v) is 4.38. The molecule has 4 nitrogen and oxygen atoms in total. The topological polar surface area (TPSA) is 63.3 Å². The minimum atomic E-state index is -0.382. The number of nitrogen functional groups attached to an aromatic ring is 1. The molecule has 88 valence electrons. The Balaban J connectivity index is 2.05. The lowest BCUT2D eigenvalue weighted by Gasteiger charge is -1.97. The van der Waals surface area contributed by atoms with Gasteiger partial charge in [0, 0.05) is 10.9 Å². The van der Waals surface area contributed by atoms with Crippen LogP contribution in [0.1, 0.15) is 5.56 Å². The number of nitrogens with two attached hydrogens (primary N) is 1. The molecule has 1 aromatic heterocycles. The largest absolute Gasteiger partial charge is 0.383 e. The number of hydrogen-bond donors (Lipinski definition) is 2. The van der Waals surface area contributed by atoms with E-state index in [2.05, 4.69) is 15.5 Å². The van der Waals surface area contributed by atoms with Crippen LogP contribution in [0.3, 0.4) is 0 Å². The van der Waals surface area contributed by atoms with Gasteiger partial charge in [-0.2, -0.15) is 5.10 Å². The molecule has 0 aliphatic heterocycles. The highest BCUT2D eigenvalue weighted by molar-refractivity contribution is 7.14. The van der Waals surface area contributed by atoms with Gasteiger partial charge in [0.25, 0.3) is 0 Å². The van der Waals surface area contributed by atoms with Gasteiger partial charge in [0.2, 0.25) is 5.13 Å². The van der Waals surface area contributed by atoms with Crippen molar-refractivity contribution in [1.29, 1.82) is 0 Å². The normalized spacial score (nSPS) is 10.9. The number of nitrogens with zero attached hydrogens (tertiary/aromatic N) is 2. The molecule has 0 saturated carbocycles. The van der Waals surface area contributed by atoms with Crippen molar-refractivity contribution in [2.45, 2.75) is 0 Å². The van der Waals surface area contributed by atoms with E-state index in [4.69, 9.17) is 17.3 Å². The summed E-state index contributed by atoms with van der Waals surface area (Å²) in [5, 5.41) is 6.50. The highest BCUT2D eigenvalue weighted by atomic mass is 35.5. The number of halogens is 2. The number of thiazole rings is 1. The predicted octanol–water partition coefficient (Wildman–Crippen LogP) is 2.96. The number of rotatable bonds is 3. The van der Waals surface area contributed by atoms with Crippen LogP contribution in [0.4, 0.5) is 15.3 Å². The molecule has 0 amide bonds. The van der Waals surface area contributed by atoms with Crippen LogP contribution in [-0.4, -0.2) is 11.2 Å². The Morgan fingerprint density at radius 2 is 2.35 bits per heavy atom. The van der Waals surface area contributed by atoms with E-state index in [1.165, 1.54) is 29.7 Å². The molecule has 0 radical (unpaired) electrons. The standard InChI is InChI=1S/C10H8ClFN4S/c11-8-3-7(12)2-1-6(8)4-14-16-10-15-9(13)5-17-10/h1-5H,13H2,(H,15,16). The molecule has 2 aromatic rings. The van der Waals surface area contributed by atoms with E-state index in [-0.39, 0.29) is 5.82 Å². The monoisotopic (exact) mass is 270 g/mol. The first-order chi connectivity index (χ1) is 8.15. The van der Waals surface area contributed by atoms with Gasteiger partial charge in [0.15, 0.2) is 0 Å². The van der Waals surface area contributed by atoms with Crippen molar-refractivity contribution in [3.8, 4) is 0 Å². The first-order valence-corrected chi connectivity index (χ1v) is 5.86. The Labute approximate surface area is 106 Å². The number of hydrazone groups is 1. The summed E-state index contributed by atoms with van der Waals surface area (Å²) in [5.74, 6) is 0.0559. The van der Waals surface area contributed by atoms with Gasteiger partial charge in [0.1, 0.15) is 11.6 Å². The van der Waals surface area contributed by atoms with Crippen LogP contribution < -0.4 is 11.2 Å². The van der Waals surface area contributed by atoms with Crippen molar-refractivity contribution in [3.63, 3.8) is 0 Å². The Hall–Kier alpha value is -1.66. The molecule has 2 rings (SSSR count). The molecule has 0 bridgehead atoms. The number of nitrogens with one attached hydrogen (secondary N) is 1. The molecule has 7 heteroatoms. The molecule has 1 heterocycles. The average Bonchev–Trinajstić information content (AvgIpc) is 2.68. The van der Waals surface area contributed by atoms with Gasteiger partial charge in [0.05, 0.1) is 11.2 Å². The SMILES string of the molecule is Nc1csc(NN=Cc2ccc(F)cc2Cl)n1. The second kappa shape index (κ2) is 5.11. The number of benzene rings is 1. The van der Waals surface area contributed by atoms with Gasteiger partial charge in [-0.05, 0) is 18.2 Å². The lowest BCUT2D eigenvalue weighted by Crippen LogP contribution is -1.92. The summed E-state index contributed by atoms with van der Waals surface area (Å²) < 4.78 is 12.8. The quantitative estimate of drug-likeness (QED) is 0.666. The summed E-state index contributed by atoms with van der Waals surface area (Å²) in [5.41, 5.74) is 8.76. The van der Waals surface area contributed by atoms with Gasteiger partial charge < -0.3 is 5.73 Å². The zero-order valence-corrected chi connectivity index (χ0v) is 10.1. The van der Waals surface area contributed by atoms with Crippen molar-refractivity contribution < 1.29 is 4.39 Å². The van der Waals surface area contributed by atoms with Crippen molar-refractivity contribution >= 4 is 40.1 Å². The van der Waals surface area contributed by atoms with Crippen molar-refractivity contribution in [2.75, 3.05) is 11.2 Å². The molecule has 0 aliphatic carbocycles. The van der Waals surface area contributed by atoms with E-state index < -0.39 is 0 Å². The number of aromatic nitrogens is 1. The maximum Gasteiger partial charge on any atom is 0.205 e. The van der Waals surface area contributed by atoms with Crippen LogP contribution in [0.25, 0.3) is 0 Å². The van der Waals surface area contributed by atoms with Crippen molar-refractivity contribution in [2.24, 2.45) is 5.10 Å². The first-order valence-electron chi connectivity index (χ1n) is 4.60. The van der Waals surface area contributed by atoms with Crippen LogP contribution >= 0.6 is 22.9 Å². The summed E-state index contributed by atoms with van der Waals surface area (Å²) in [7, 11) is 0. The fraction of sp³-hybridized carbons (Fsp3) is 0. The van der Waals surface area contributed by atoms with Crippen LogP contribution in [0, 0.1) is 5.82 Å². The summed E-state index contributed by atoms with van der Waals surface area (Å²) >= 11 is 7.16. The van der Waals surface area contributed by atoms with Crippen LogP contribution in [-0.2, 0) is 0 Å². The molecule has 1 aromatic carbocycles. The molecule has 0 spiro atoms. The first kappa shape index (κ1) is 11.8. The third kappa shape index (κ3) is 3.15. The van der Waals surface area contributed by atoms with Crippen LogP contribution in [0.15, 0.2) is 28.7 Å². The van der Waals surface area contributed by atoms with E-state index in [9.17, 15) is 4.39 Å². The lowest BCUT2D eigenvalue weighted by molar-refractivity contribution is 0.628. The number of anilines is 2. The molecule has 0 aliphatic rings. The van der Waals surface area contributed by atoms with Gasteiger partial charge >= 0.3 is 0 Å². The maximum atomic E-state index is 12.8. The Morgan fingerprint density at radius 1 is 1.53 bits per heavy atom. The zero-order chi connectivity index (χ0) is 12.3. The van der Waals surface area contributed by atoms with E-state index in [0.717, 1.165) is 0 Å². The van der Waals surface area contributed by atoms with E-state index in [1.807, 2.05) is 0 Å². The molecule has 0 saturated heterocycles. The minimum Gasteiger partial charge on any atom is -0.383 e. The molecule has 17 heavy (non-hydrogen) atoms. The Morgan fingerprint density at radius 3 is 3.00 bits per heavy atom. The smallest absolute Gasteiger partial charge is 0.205 e. The van der Waals surface area contributed by atoms with Crippen molar-refractivity contribution in [3.05, 3.63) is 40.0 Å². The van der Waals surface area contributed by atoms with E-state index in [0.29, 0.717) is 21.5 Å². The average molecular weight is 271 g/mol. The van der Waals surface area contributed by atoms with Crippen LogP contribution in [0.2, 0.25) is 5.02 Å². The molecule has 0 unspecified atom stereocenters. The summed E-state index contributed by atoms with van der Waals surface area (Å²) in [6.45, 7) is 0. The Kier molecular flexibility index (Phi) is 3.55. The molecular formula is C10H8ClFN4S. The molecular weight excluding hydrogens is 263 g/mol. The molecule has 0 atom stereocenters.